The lowest BCUT2D eigenvalue weighted by molar-refractivity contribution is 0.0951. The van der Waals surface area contributed by atoms with Crippen molar-refractivity contribution in [1.82, 2.24) is 5.32 Å². The molecule has 0 fully saturated rings. The third kappa shape index (κ3) is 3.35. The van der Waals surface area contributed by atoms with Crippen LogP contribution in [0, 0.1) is 5.82 Å². The van der Waals surface area contributed by atoms with E-state index in [1.807, 2.05) is 24.3 Å². The number of nitrogen functional groups attached to an aromatic ring is 1. The monoisotopic (exact) mass is 272 g/mol. The Morgan fingerprint density at radius 3 is 2.40 bits per heavy atom. The Morgan fingerprint density at radius 1 is 1.15 bits per heavy atom. The number of halogens is 1. The molecule has 2 aromatic carbocycles. The first-order valence-electron chi connectivity index (χ1n) is 6.51. The summed E-state index contributed by atoms with van der Waals surface area (Å²) in [5.74, 6) is -0.784. The molecule has 0 spiro atoms. The Bertz CT molecular complexity index is 608. The molecule has 1 amide bonds. The van der Waals surface area contributed by atoms with Gasteiger partial charge in [0, 0.05) is 12.1 Å². The van der Waals surface area contributed by atoms with E-state index in [0.717, 1.165) is 12.0 Å². The highest BCUT2D eigenvalue weighted by Crippen LogP contribution is 2.12. The van der Waals surface area contributed by atoms with Gasteiger partial charge in [-0.2, -0.15) is 0 Å². The number of aryl methyl sites for hydroxylation is 1. The second kappa shape index (κ2) is 6.19. The van der Waals surface area contributed by atoms with Crippen LogP contribution in [0.4, 0.5) is 10.1 Å². The lowest BCUT2D eigenvalue weighted by atomic mass is 10.1. The summed E-state index contributed by atoms with van der Waals surface area (Å²) in [5.41, 5.74) is 8.05. The van der Waals surface area contributed by atoms with Crippen molar-refractivity contribution >= 4 is 11.6 Å². The van der Waals surface area contributed by atoms with Crippen molar-refractivity contribution in [3.63, 3.8) is 0 Å². The van der Waals surface area contributed by atoms with E-state index in [-0.39, 0.29) is 11.6 Å². The van der Waals surface area contributed by atoms with E-state index in [1.165, 1.54) is 23.8 Å². The maximum Gasteiger partial charge on any atom is 0.251 e. The molecule has 0 atom stereocenters. The topological polar surface area (TPSA) is 55.1 Å². The van der Waals surface area contributed by atoms with Crippen LogP contribution in [0.2, 0.25) is 0 Å². The molecule has 2 aromatic rings. The average molecular weight is 272 g/mol. The number of hydrogen-bond donors (Lipinski definition) is 2. The minimum Gasteiger partial charge on any atom is -0.396 e. The molecule has 4 heteroatoms. The fourth-order valence-electron chi connectivity index (χ4n) is 1.86. The molecule has 2 rings (SSSR count). The summed E-state index contributed by atoms with van der Waals surface area (Å²) in [4.78, 5) is 11.9. The van der Waals surface area contributed by atoms with Crippen LogP contribution in [0.5, 0.6) is 0 Å². The molecule has 0 aliphatic rings. The molecule has 0 aliphatic carbocycles. The van der Waals surface area contributed by atoms with E-state index in [2.05, 4.69) is 12.2 Å². The number of benzene rings is 2. The van der Waals surface area contributed by atoms with Gasteiger partial charge in [-0.1, -0.05) is 31.2 Å². The largest absolute Gasteiger partial charge is 0.396 e. The third-order valence-corrected chi connectivity index (χ3v) is 3.14. The van der Waals surface area contributed by atoms with Crippen LogP contribution in [0.1, 0.15) is 28.4 Å². The molecule has 3 N–H and O–H groups in total. The lowest BCUT2D eigenvalue weighted by Crippen LogP contribution is -2.22. The van der Waals surface area contributed by atoms with Gasteiger partial charge in [-0.05, 0) is 35.7 Å². The van der Waals surface area contributed by atoms with Crippen LogP contribution < -0.4 is 11.1 Å². The first-order valence-corrected chi connectivity index (χ1v) is 6.51. The van der Waals surface area contributed by atoms with Crippen molar-refractivity contribution in [1.29, 1.82) is 0 Å². The van der Waals surface area contributed by atoms with Crippen molar-refractivity contribution < 1.29 is 9.18 Å². The minimum absolute atomic E-state index is 0.0232. The summed E-state index contributed by atoms with van der Waals surface area (Å²) in [7, 11) is 0. The van der Waals surface area contributed by atoms with Crippen LogP contribution >= 0.6 is 0 Å². The zero-order valence-electron chi connectivity index (χ0n) is 11.3. The quantitative estimate of drug-likeness (QED) is 0.841. The second-order valence-corrected chi connectivity index (χ2v) is 4.59. The molecule has 0 saturated carbocycles. The lowest BCUT2D eigenvalue weighted by Gasteiger charge is -2.07. The number of rotatable bonds is 4. The second-order valence-electron chi connectivity index (χ2n) is 4.59. The summed E-state index contributed by atoms with van der Waals surface area (Å²) in [5, 5.41) is 2.78. The van der Waals surface area contributed by atoms with Crippen molar-refractivity contribution in [2.75, 3.05) is 5.73 Å². The Kier molecular flexibility index (Phi) is 4.35. The first kappa shape index (κ1) is 14.1. The van der Waals surface area contributed by atoms with E-state index in [9.17, 15) is 9.18 Å². The Morgan fingerprint density at radius 2 is 1.80 bits per heavy atom. The number of carbonyl (C=O) groups excluding carboxylic acids is 1. The molecule has 0 aliphatic heterocycles. The van der Waals surface area contributed by atoms with Gasteiger partial charge in [-0.3, -0.25) is 4.79 Å². The number of nitrogens with two attached hydrogens (primary N) is 1. The number of anilines is 1. The zero-order valence-corrected chi connectivity index (χ0v) is 11.3. The highest BCUT2D eigenvalue weighted by Gasteiger charge is 2.07. The van der Waals surface area contributed by atoms with E-state index >= 15 is 0 Å². The molecule has 0 saturated heterocycles. The predicted octanol–water partition coefficient (Wildman–Crippen LogP) is 2.90. The molecule has 0 bridgehead atoms. The summed E-state index contributed by atoms with van der Waals surface area (Å²) in [6.45, 7) is 2.52. The number of nitrogens with one attached hydrogen (secondary N) is 1. The van der Waals surface area contributed by atoms with E-state index < -0.39 is 5.82 Å². The Balaban J connectivity index is 1.98. The van der Waals surface area contributed by atoms with Crippen molar-refractivity contribution in [2.24, 2.45) is 0 Å². The number of hydrogen-bond acceptors (Lipinski definition) is 2. The molecule has 20 heavy (non-hydrogen) atoms. The molecular weight excluding hydrogens is 255 g/mol. The molecule has 0 aromatic heterocycles. The highest BCUT2D eigenvalue weighted by molar-refractivity contribution is 5.94. The number of amides is 1. The summed E-state index contributed by atoms with van der Waals surface area (Å²) >= 11 is 0. The average Bonchev–Trinajstić information content (AvgIpc) is 2.48. The van der Waals surface area contributed by atoms with Crippen LogP contribution in [-0.2, 0) is 13.0 Å². The van der Waals surface area contributed by atoms with Gasteiger partial charge in [0.05, 0.1) is 5.69 Å². The smallest absolute Gasteiger partial charge is 0.251 e. The zero-order chi connectivity index (χ0) is 14.5. The standard InChI is InChI=1S/C16H17FN2O/c1-2-11-3-5-12(6-4-11)10-19-16(20)13-7-8-14(17)15(18)9-13/h3-9H,2,10,18H2,1H3,(H,19,20). The van der Waals surface area contributed by atoms with Crippen LogP contribution in [0.15, 0.2) is 42.5 Å². The molecule has 104 valence electrons. The SMILES string of the molecule is CCc1ccc(CNC(=O)c2ccc(F)c(N)c2)cc1. The summed E-state index contributed by atoms with van der Waals surface area (Å²) in [6.07, 6.45) is 0.988. The van der Waals surface area contributed by atoms with Gasteiger partial charge in [0.15, 0.2) is 0 Å². The normalized spacial score (nSPS) is 10.3. The maximum absolute atomic E-state index is 13.0. The third-order valence-electron chi connectivity index (χ3n) is 3.14. The van der Waals surface area contributed by atoms with Gasteiger partial charge in [0.1, 0.15) is 5.82 Å². The minimum atomic E-state index is -0.517. The Hall–Kier alpha value is -2.36. The molecule has 0 heterocycles. The van der Waals surface area contributed by atoms with Gasteiger partial charge in [0.25, 0.3) is 5.91 Å². The maximum atomic E-state index is 13.0. The van der Waals surface area contributed by atoms with E-state index in [4.69, 9.17) is 5.73 Å². The van der Waals surface area contributed by atoms with E-state index in [0.29, 0.717) is 12.1 Å². The Labute approximate surface area is 117 Å². The molecular formula is C16H17FN2O. The van der Waals surface area contributed by atoms with Gasteiger partial charge in [0.2, 0.25) is 0 Å². The van der Waals surface area contributed by atoms with Gasteiger partial charge < -0.3 is 11.1 Å². The fraction of sp³-hybridized carbons (Fsp3) is 0.188. The van der Waals surface area contributed by atoms with Crippen molar-refractivity contribution in [3.8, 4) is 0 Å². The fourth-order valence-corrected chi connectivity index (χ4v) is 1.86. The summed E-state index contributed by atoms with van der Waals surface area (Å²) < 4.78 is 13.0. The van der Waals surface area contributed by atoms with Crippen molar-refractivity contribution in [2.45, 2.75) is 19.9 Å². The van der Waals surface area contributed by atoms with Gasteiger partial charge >= 0.3 is 0 Å². The van der Waals surface area contributed by atoms with Crippen LogP contribution in [-0.4, -0.2) is 5.91 Å². The number of carbonyl (C=O) groups is 1. The van der Waals surface area contributed by atoms with Gasteiger partial charge in [-0.15, -0.1) is 0 Å². The van der Waals surface area contributed by atoms with Crippen LogP contribution in [0.3, 0.4) is 0 Å². The highest BCUT2D eigenvalue weighted by atomic mass is 19.1. The van der Waals surface area contributed by atoms with Crippen molar-refractivity contribution in [3.05, 3.63) is 65.0 Å². The first-order chi connectivity index (χ1) is 9.60. The molecule has 0 radical (unpaired) electrons. The van der Waals surface area contributed by atoms with Crippen LogP contribution in [0.25, 0.3) is 0 Å². The van der Waals surface area contributed by atoms with Gasteiger partial charge in [-0.25, -0.2) is 4.39 Å². The molecule has 0 unspecified atom stereocenters. The predicted molar refractivity (Wildman–Crippen MR) is 77.8 cm³/mol. The summed E-state index contributed by atoms with van der Waals surface area (Å²) in [6, 6.07) is 12.0. The molecule has 3 nitrogen and oxygen atoms in total. The van der Waals surface area contributed by atoms with E-state index in [1.54, 1.807) is 0 Å².